The lowest BCUT2D eigenvalue weighted by molar-refractivity contribution is -0.109. The van der Waals surface area contributed by atoms with E-state index in [1.165, 1.54) is 0 Å². The number of nitrogens with one attached hydrogen (secondary N) is 1. The smallest absolute Gasteiger partial charge is 0.207 e. The molecule has 4 heteroatoms. The van der Waals surface area contributed by atoms with E-state index >= 15 is 0 Å². The topological polar surface area (TPSA) is 47.6 Å². The first kappa shape index (κ1) is 14.4. The lowest BCUT2D eigenvalue weighted by Gasteiger charge is -2.04. The normalized spacial score (nSPS) is 10.2. The molecule has 0 aromatic heterocycles. The van der Waals surface area contributed by atoms with Crippen LogP contribution < -0.4 is 5.32 Å². The lowest BCUT2D eigenvalue weighted by Crippen LogP contribution is -2.14. The Morgan fingerprint density at radius 2 is 1.60 bits per heavy atom. The number of hydrogen-bond donors (Lipinski definition) is 1. The second kappa shape index (κ2) is 13.4. The summed E-state index contributed by atoms with van der Waals surface area (Å²) >= 11 is 0. The first-order chi connectivity index (χ1) is 7.41. The first-order valence-corrected chi connectivity index (χ1v) is 5.74. The van der Waals surface area contributed by atoms with Crippen molar-refractivity contribution < 1.29 is 14.3 Å². The van der Waals surface area contributed by atoms with Gasteiger partial charge >= 0.3 is 0 Å². The molecule has 90 valence electrons. The zero-order chi connectivity index (χ0) is 11.2. The predicted octanol–water partition coefficient (Wildman–Crippen LogP) is 1.35. The highest BCUT2D eigenvalue weighted by Gasteiger charge is 1.91. The van der Waals surface area contributed by atoms with Crippen molar-refractivity contribution in [3.8, 4) is 0 Å². The summed E-state index contributed by atoms with van der Waals surface area (Å²) in [7, 11) is 0. The number of hydrogen-bond acceptors (Lipinski definition) is 3. The van der Waals surface area contributed by atoms with Crippen LogP contribution in [0.2, 0.25) is 0 Å². The van der Waals surface area contributed by atoms with Gasteiger partial charge in [-0.05, 0) is 25.7 Å². The van der Waals surface area contributed by atoms with Crippen molar-refractivity contribution in [2.45, 2.75) is 32.6 Å². The van der Waals surface area contributed by atoms with Gasteiger partial charge < -0.3 is 14.8 Å². The maximum absolute atomic E-state index is 9.90. The van der Waals surface area contributed by atoms with Gasteiger partial charge in [-0.25, -0.2) is 0 Å². The molecule has 0 bridgehead atoms. The van der Waals surface area contributed by atoms with E-state index in [0.29, 0.717) is 13.0 Å². The van der Waals surface area contributed by atoms with Crippen LogP contribution in [0.5, 0.6) is 0 Å². The van der Waals surface area contributed by atoms with E-state index in [2.05, 4.69) is 12.2 Å². The minimum Gasteiger partial charge on any atom is -0.381 e. The summed E-state index contributed by atoms with van der Waals surface area (Å²) in [6.07, 6.45) is 4.79. The second-order valence-electron chi connectivity index (χ2n) is 3.36. The van der Waals surface area contributed by atoms with Gasteiger partial charge in [0.25, 0.3) is 0 Å². The van der Waals surface area contributed by atoms with Crippen molar-refractivity contribution in [3.63, 3.8) is 0 Å². The van der Waals surface area contributed by atoms with Crippen LogP contribution in [0.25, 0.3) is 0 Å². The van der Waals surface area contributed by atoms with Crippen LogP contribution in [0.1, 0.15) is 32.6 Å². The summed E-state index contributed by atoms with van der Waals surface area (Å²) in [4.78, 5) is 9.90. The highest BCUT2D eigenvalue weighted by atomic mass is 16.5. The molecule has 0 aliphatic heterocycles. The van der Waals surface area contributed by atoms with Gasteiger partial charge in [0.15, 0.2) is 0 Å². The third-order valence-corrected chi connectivity index (χ3v) is 1.87. The Balaban J connectivity index is 2.83. The molecule has 0 fully saturated rings. The van der Waals surface area contributed by atoms with Gasteiger partial charge in [-0.15, -0.1) is 0 Å². The Bertz CT molecular complexity index is 131. The van der Waals surface area contributed by atoms with Gasteiger partial charge in [-0.2, -0.15) is 0 Å². The van der Waals surface area contributed by atoms with Crippen molar-refractivity contribution in [3.05, 3.63) is 0 Å². The van der Waals surface area contributed by atoms with Crippen LogP contribution in [0.4, 0.5) is 0 Å². The van der Waals surface area contributed by atoms with Gasteiger partial charge in [0.2, 0.25) is 6.41 Å². The predicted molar refractivity (Wildman–Crippen MR) is 59.8 cm³/mol. The molecule has 0 heterocycles. The molecule has 0 atom stereocenters. The molecule has 0 spiro atoms. The van der Waals surface area contributed by atoms with E-state index in [1.54, 1.807) is 0 Å². The highest BCUT2D eigenvalue weighted by Crippen LogP contribution is 1.93. The summed E-state index contributed by atoms with van der Waals surface area (Å²) in [6, 6.07) is 0. The summed E-state index contributed by atoms with van der Waals surface area (Å²) in [5.74, 6) is 0. The molecule has 0 radical (unpaired) electrons. The maximum atomic E-state index is 9.90. The van der Waals surface area contributed by atoms with Crippen LogP contribution in [-0.2, 0) is 14.3 Å². The van der Waals surface area contributed by atoms with Gasteiger partial charge in [-0.3, -0.25) is 4.79 Å². The molecular formula is C11H23NO3. The van der Waals surface area contributed by atoms with E-state index in [9.17, 15) is 4.79 Å². The lowest BCUT2D eigenvalue weighted by atomic mass is 10.3. The molecule has 15 heavy (non-hydrogen) atoms. The highest BCUT2D eigenvalue weighted by molar-refractivity contribution is 5.45. The number of ether oxygens (including phenoxy) is 2. The van der Waals surface area contributed by atoms with Crippen molar-refractivity contribution >= 4 is 6.41 Å². The third kappa shape index (κ3) is 13.4. The van der Waals surface area contributed by atoms with Crippen molar-refractivity contribution in [2.24, 2.45) is 0 Å². The standard InChI is InChI=1S/C11H23NO3/c1-2-7-14-8-3-4-9-15-10-5-6-12-11-13/h11H,2-10H2,1H3,(H,12,13). The molecule has 1 amide bonds. The summed E-state index contributed by atoms with van der Waals surface area (Å²) in [6.45, 7) is 6.01. The Hall–Kier alpha value is -0.610. The quantitative estimate of drug-likeness (QED) is 0.396. The van der Waals surface area contributed by atoms with Gasteiger partial charge in [0.1, 0.15) is 0 Å². The molecular weight excluding hydrogens is 194 g/mol. The number of unbranched alkanes of at least 4 members (excludes halogenated alkanes) is 1. The van der Waals surface area contributed by atoms with Crippen molar-refractivity contribution in [2.75, 3.05) is 33.0 Å². The Morgan fingerprint density at radius 1 is 1.00 bits per heavy atom. The molecule has 0 aliphatic carbocycles. The zero-order valence-corrected chi connectivity index (χ0v) is 9.67. The van der Waals surface area contributed by atoms with Crippen LogP contribution >= 0.6 is 0 Å². The monoisotopic (exact) mass is 217 g/mol. The van der Waals surface area contributed by atoms with Gasteiger partial charge in [0.05, 0.1) is 0 Å². The zero-order valence-electron chi connectivity index (χ0n) is 9.67. The van der Waals surface area contributed by atoms with Crippen molar-refractivity contribution in [1.82, 2.24) is 5.32 Å². The van der Waals surface area contributed by atoms with Gasteiger partial charge in [-0.1, -0.05) is 6.92 Å². The molecule has 0 saturated heterocycles. The molecule has 4 nitrogen and oxygen atoms in total. The number of rotatable bonds is 12. The second-order valence-corrected chi connectivity index (χ2v) is 3.36. The molecule has 0 aromatic rings. The fraction of sp³-hybridized carbons (Fsp3) is 0.909. The molecule has 0 aliphatic rings. The molecule has 0 rings (SSSR count). The van der Waals surface area contributed by atoms with E-state index in [4.69, 9.17) is 9.47 Å². The minimum absolute atomic E-state index is 0.698. The SMILES string of the molecule is CCCOCCCCOCCCNC=O. The van der Waals surface area contributed by atoms with Crippen molar-refractivity contribution in [1.29, 1.82) is 0 Å². The van der Waals surface area contributed by atoms with E-state index in [0.717, 1.165) is 52.1 Å². The summed E-state index contributed by atoms with van der Waals surface area (Å²) in [5, 5.41) is 2.59. The van der Waals surface area contributed by atoms with Crippen LogP contribution in [0.15, 0.2) is 0 Å². The van der Waals surface area contributed by atoms with E-state index < -0.39 is 0 Å². The Morgan fingerprint density at radius 3 is 2.20 bits per heavy atom. The number of carbonyl (C=O) groups is 1. The largest absolute Gasteiger partial charge is 0.381 e. The maximum Gasteiger partial charge on any atom is 0.207 e. The fourth-order valence-corrected chi connectivity index (χ4v) is 1.09. The molecule has 0 unspecified atom stereocenters. The third-order valence-electron chi connectivity index (χ3n) is 1.87. The van der Waals surface area contributed by atoms with Crippen LogP contribution in [-0.4, -0.2) is 39.4 Å². The summed E-state index contributed by atoms with van der Waals surface area (Å²) < 4.78 is 10.7. The molecule has 0 aromatic carbocycles. The van der Waals surface area contributed by atoms with Gasteiger partial charge in [0, 0.05) is 33.0 Å². The van der Waals surface area contributed by atoms with Crippen LogP contribution in [0, 0.1) is 0 Å². The average molecular weight is 217 g/mol. The average Bonchev–Trinajstić information content (AvgIpc) is 2.26. The molecule has 0 saturated carbocycles. The van der Waals surface area contributed by atoms with E-state index in [1.807, 2.05) is 0 Å². The fourth-order valence-electron chi connectivity index (χ4n) is 1.09. The number of amides is 1. The number of carbonyl (C=O) groups excluding carboxylic acids is 1. The Kier molecular flexibility index (Phi) is 12.8. The van der Waals surface area contributed by atoms with E-state index in [-0.39, 0.29) is 0 Å². The summed E-state index contributed by atoms with van der Waals surface area (Å²) in [5.41, 5.74) is 0. The molecule has 1 N–H and O–H groups in total. The van der Waals surface area contributed by atoms with Crippen LogP contribution in [0.3, 0.4) is 0 Å². The Labute approximate surface area is 92.3 Å². The minimum atomic E-state index is 0.698. The first-order valence-electron chi connectivity index (χ1n) is 5.74.